The van der Waals surface area contributed by atoms with Gasteiger partial charge in [-0.1, -0.05) is 0 Å². The molecule has 0 spiro atoms. The van der Waals surface area contributed by atoms with Crippen LogP contribution in [0.15, 0.2) is 24.3 Å². The number of nitro groups is 1. The number of nitrogens with two attached hydrogens (primary N) is 2. The minimum absolute atomic E-state index is 0.00816. The number of carbonyl (C=O) groups excluding carboxylic acids is 1. The van der Waals surface area contributed by atoms with Crippen LogP contribution in [0, 0.1) is 10.1 Å². The molecule has 0 aliphatic heterocycles. The van der Waals surface area contributed by atoms with E-state index in [2.05, 4.69) is 0 Å². The molecule has 4 N–H and O–H groups in total. The number of benzene rings is 1. The Balaban J connectivity index is 2.42. The summed E-state index contributed by atoms with van der Waals surface area (Å²) in [6.45, 7) is 0.224. The maximum absolute atomic E-state index is 10.6. The first-order valence-electron chi connectivity index (χ1n) is 4.93. The minimum Gasteiger partial charge on any atom is -0.494 e. The number of hydrogen-bond donors (Lipinski definition) is 2. The number of carbonyl (C=O) groups is 1. The number of hydrogen-bond acceptors (Lipinski definition) is 5. The summed E-state index contributed by atoms with van der Waals surface area (Å²) in [5.41, 5.74) is 10.4. The standard InChI is InChI=1S/C10H13N3O4/c11-9(10(12)14)5-6-17-8-3-1-7(2-4-8)13(15)16/h1-4,9H,5-6,11H2,(H2,12,14). The maximum Gasteiger partial charge on any atom is 0.269 e. The van der Waals surface area contributed by atoms with E-state index in [0.29, 0.717) is 12.2 Å². The van der Waals surface area contributed by atoms with Gasteiger partial charge in [0, 0.05) is 18.6 Å². The molecule has 0 saturated carbocycles. The summed E-state index contributed by atoms with van der Waals surface area (Å²) >= 11 is 0. The Morgan fingerprint density at radius 2 is 2.00 bits per heavy atom. The van der Waals surface area contributed by atoms with Crippen LogP contribution in [0.4, 0.5) is 5.69 Å². The number of ether oxygens (including phenoxy) is 1. The fraction of sp³-hybridized carbons (Fsp3) is 0.300. The van der Waals surface area contributed by atoms with Crippen LogP contribution in [-0.2, 0) is 4.79 Å². The van der Waals surface area contributed by atoms with Gasteiger partial charge in [-0.2, -0.15) is 0 Å². The van der Waals surface area contributed by atoms with Crippen molar-refractivity contribution >= 4 is 11.6 Å². The van der Waals surface area contributed by atoms with E-state index in [4.69, 9.17) is 16.2 Å². The van der Waals surface area contributed by atoms with Crippen molar-refractivity contribution in [2.45, 2.75) is 12.5 Å². The van der Waals surface area contributed by atoms with Gasteiger partial charge in [-0.15, -0.1) is 0 Å². The topological polar surface area (TPSA) is 121 Å². The highest BCUT2D eigenvalue weighted by molar-refractivity contribution is 5.79. The molecule has 0 aliphatic carbocycles. The van der Waals surface area contributed by atoms with Gasteiger partial charge in [-0.05, 0) is 12.1 Å². The van der Waals surface area contributed by atoms with Crippen LogP contribution in [0.1, 0.15) is 6.42 Å². The lowest BCUT2D eigenvalue weighted by Crippen LogP contribution is -2.37. The Morgan fingerprint density at radius 3 is 2.47 bits per heavy atom. The summed E-state index contributed by atoms with van der Waals surface area (Å²) in [5, 5.41) is 10.4. The quantitative estimate of drug-likeness (QED) is 0.541. The van der Waals surface area contributed by atoms with Crippen molar-refractivity contribution < 1.29 is 14.5 Å². The lowest BCUT2D eigenvalue weighted by atomic mass is 10.2. The predicted molar refractivity (Wildman–Crippen MR) is 60.4 cm³/mol. The molecule has 17 heavy (non-hydrogen) atoms. The molecule has 1 aromatic rings. The summed E-state index contributed by atoms with van der Waals surface area (Å²) in [7, 11) is 0. The molecule has 1 aromatic carbocycles. The molecule has 0 aromatic heterocycles. The van der Waals surface area contributed by atoms with Gasteiger partial charge < -0.3 is 16.2 Å². The van der Waals surface area contributed by atoms with E-state index in [1.54, 1.807) is 0 Å². The average molecular weight is 239 g/mol. The zero-order chi connectivity index (χ0) is 12.8. The number of non-ortho nitro benzene ring substituents is 1. The molecule has 7 heteroatoms. The Labute approximate surface area is 97.5 Å². The van der Waals surface area contributed by atoms with Crippen LogP contribution < -0.4 is 16.2 Å². The molecule has 1 atom stereocenters. The number of nitro benzene ring substituents is 1. The predicted octanol–water partition coefficient (Wildman–Crippen LogP) is 0.176. The van der Waals surface area contributed by atoms with E-state index in [9.17, 15) is 14.9 Å². The molecule has 7 nitrogen and oxygen atoms in total. The van der Waals surface area contributed by atoms with Crippen LogP contribution >= 0.6 is 0 Å². The fourth-order valence-electron chi connectivity index (χ4n) is 1.11. The number of primary amides is 1. The first-order valence-corrected chi connectivity index (χ1v) is 4.93. The van der Waals surface area contributed by atoms with Gasteiger partial charge in [0.2, 0.25) is 5.91 Å². The highest BCUT2D eigenvalue weighted by Crippen LogP contribution is 2.17. The summed E-state index contributed by atoms with van der Waals surface area (Å²) < 4.78 is 5.25. The summed E-state index contributed by atoms with van der Waals surface area (Å²) in [4.78, 5) is 20.5. The van der Waals surface area contributed by atoms with Crippen molar-refractivity contribution in [2.75, 3.05) is 6.61 Å². The zero-order valence-electron chi connectivity index (χ0n) is 9.04. The molecule has 1 unspecified atom stereocenters. The van der Waals surface area contributed by atoms with Crippen molar-refractivity contribution in [1.82, 2.24) is 0 Å². The lowest BCUT2D eigenvalue weighted by Gasteiger charge is -2.08. The first-order chi connectivity index (χ1) is 8.00. The average Bonchev–Trinajstić information content (AvgIpc) is 2.29. The van der Waals surface area contributed by atoms with Crippen molar-refractivity contribution in [2.24, 2.45) is 11.5 Å². The first kappa shape index (κ1) is 12.9. The number of amides is 1. The van der Waals surface area contributed by atoms with Crippen molar-refractivity contribution in [3.05, 3.63) is 34.4 Å². The van der Waals surface area contributed by atoms with Crippen LogP contribution in [0.2, 0.25) is 0 Å². The van der Waals surface area contributed by atoms with Gasteiger partial charge >= 0.3 is 0 Å². The van der Waals surface area contributed by atoms with Crippen LogP contribution in [0.5, 0.6) is 5.75 Å². The highest BCUT2D eigenvalue weighted by atomic mass is 16.6. The molecule has 0 bridgehead atoms. The van der Waals surface area contributed by atoms with E-state index in [1.807, 2.05) is 0 Å². The Morgan fingerprint density at radius 1 is 1.41 bits per heavy atom. The second-order valence-corrected chi connectivity index (χ2v) is 3.40. The molecule has 1 amide bonds. The number of nitrogens with zero attached hydrogens (tertiary/aromatic N) is 1. The Hall–Kier alpha value is -2.15. The Kier molecular flexibility index (Phi) is 4.41. The number of rotatable bonds is 6. The third-order valence-corrected chi connectivity index (χ3v) is 2.11. The SMILES string of the molecule is NC(=O)C(N)CCOc1ccc([N+](=O)[O-])cc1. The maximum atomic E-state index is 10.6. The molecular weight excluding hydrogens is 226 g/mol. The molecule has 92 valence electrons. The Bertz CT molecular complexity index is 405. The molecule has 0 saturated heterocycles. The molecular formula is C10H13N3O4. The normalized spacial score (nSPS) is 11.8. The van der Waals surface area contributed by atoms with E-state index < -0.39 is 16.9 Å². The molecule has 1 rings (SSSR count). The summed E-state index contributed by atoms with van der Waals surface area (Å²) in [6, 6.07) is 4.89. The van der Waals surface area contributed by atoms with Crippen LogP contribution in [0.25, 0.3) is 0 Å². The fourth-order valence-corrected chi connectivity index (χ4v) is 1.11. The second-order valence-electron chi connectivity index (χ2n) is 3.40. The third kappa shape index (κ3) is 4.07. The van der Waals surface area contributed by atoms with Gasteiger partial charge in [0.15, 0.2) is 0 Å². The van der Waals surface area contributed by atoms with Gasteiger partial charge in [-0.25, -0.2) is 0 Å². The third-order valence-electron chi connectivity index (χ3n) is 2.11. The minimum atomic E-state index is -0.743. The molecule has 0 fully saturated rings. The molecule has 0 heterocycles. The van der Waals surface area contributed by atoms with Crippen LogP contribution in [0.3, 0.4) is 0 Å². The van der Waals surface area contributed by atoms with Gasteiger partial charge in [-0.3, -0.25) is 14.9 Å². The highest BCUT2D eigenvalue weighted by Gasteiger charge is 2.09. The smallest absolute Gasteiger partial charge is 0.269 e. The second kappa shape index (κ2) is 5.80. The monoisotopic (exact) mass is 239 g/mol. The summed E-state index contributed by atoms with van der Waals surface area (Å²) in [5.74, 6) is -0.107. The lowest BCUT2D eigenvalue weighted by molar-refractivity contribution is -0.384. The van der Waals surface area contributed by atoms with Crippen LogP contribution in [-0.4, -0.2) is 23.5 Å². The van der Waals surface area contributed by atoms with Gasteiger partial charge in [0.25, 0.3) is 5.69 Å². The van der Waals surface area contributed by atoms with E-state index in [0.717, 1.165) is 0 Å². The zero-order valence-corrected chi connectivity index (χ0v) is 9.04. The van der Waals surface area contributed by atoms with Gasteiger partial charge in [0.05, 0.1) is 17.6 Å². The summed E-state index contributed by atoms with van der Waals surface area (Å²) in [6.07, 6.45) is 0.298. The van der Waals surface area contributed by atoms with E-state index in [-0.39, 0.29) is 12.3 Å². The molecule has 0 aliphatic rings. The largest absolute Gasteiger partial charge is 0.494 e. The van der Waals surface area contributed by atoms with E-state index in [1.165, 1.54) is 24.3 Å². The van der Waals surface area contributed by atoms with E-state index >= 15 is 0 Å². The van der Waals surface area contributed by atoms with Crippen molar-refractivity contribution in [1.29, 1.82) is 0 Å². The van der Waals surface area contributed by atoms with Crippen molar-refractivity contribution in [3.63, 3.8) is 0 Å². The van der Waals surface area contributed by atoms with Crippen molar-refractivity contribution in [3.8, 4) is 5.75 Å². The molecule has 0 radical (unpaired) electrons. The van der Waals surface area contributed by atoms with Gasteiger partial charge in [0.1, 0.15) is 5.75 Å².